The fourth-order valence-electron chi connectivity index (χ4n) is 1.61. The van der Waals surface area contributed by atoms with Gasteiger partial charge in [0.25, 0.3) is 0 Å². The molecule has 0 amide bonds. The van der Waals surface area contributed by atoms with Gasteiger partial charge in [0.2, 0.25) is 0 Å². The van der Waals surface area contributed by atoms with Gasteiger partial charge in [0, 0.05) is 22.3 Å². The summed E-state index contributed by atoms with van der Waals surface area (Å²) in [7, 11) is 0. The summed E-state index contributed by atoms with van der Waals surface area (Å²) in [5, 5.41) is 11.7. The predicted octanol–water partition coefficient (Wildman–Crippen LogP) is 2.66. The minimum absolute atomic E-state index is 0.792. The lowest BCUT2D eigenvalue weighted by molar-refractivity contribution is 0.966. The molecule has 0 atom stereocenters. The zero-order chi connectivity index (χ0) is 11.5. The van der Waals surface area contributed by atoms with E-state index in [-0.39, 0.29) is 0 Å². The molecule has 2 N–H and O–H groups in total. The number of thiazole rings is 1. The van der Waals surface area contributed by atoms with Crippen LogP contribution in [0.5, 0.6) is 0 Å². The lowest BCUT2D eigenvalue weighted by atomic mass is 10.2. The third kappa shape index (κ3) is 2.24. The summed E-state index contributed by atoms with van der Waals surface area (Å²) in [5.41, 5.74) is 2.41. The highest BCUT2D eigenvalue weighted by Crippen LogP contribution is 2.18. The molecule has 86 valence electrons. The Kier molecular flexibility index (Phi) is 3.24. The maximum atomic E-state index is 4.26. The zero-order valence-corrected chi connectivity index (χ0v) is 10.6. The molecule has 4 nitrogen and oxygen atoms in total. The Bertz CT molecular complexity index is 472. The second kappa shape index (κ2) is 4.65. The quantitative estimate of drug-likeness (QED) is 0.858. The smallest absolute Gasteiger partial charge is 0.151 e. The van der Waals surface area contributed by atoms with Crippen molar-refractivity contribution < 1.29 is 0 Å². The van der Waals surface area contributed by atoms with Crippen molar-refractivity contribution in [1.29, 1.82) is 0 Å². The predicted molar refractivity (Wildman–Crippen MR) is 66.9 cm³/mol. The van der Waals surface area contributed by atoms with Crippen molar-refractivity contribution in [2.45, 2.75) is 33.7 Å². The van der Waals surface area contributed by atoms with Crippen molar-refractivity contribution in [2.24, 2.45) is 0 Å². The van der Waals surface area contributed by atoms with Gasteiger partial charge < -0.3 is 5.32 Å². The van der Waals surface area contributed by atoms with Gasteiger partial charge in [0.15, 0.2) is 5.82 Å². The zero-order valence-electron chi connectivity index (χ0n) is 9.79. The van der Waals surface area contributed by atoms with Crippen LogP contribution < -0.4 is 5.32 Å². The molecule has 0 saturated heterocycles. The first-order valence-corrected chi connectivity index (χ1v) is 6.21. The standard InChI is InChI=1S/C11H16N4S/c1-4-10-7(2)11(15-14-10)13-6-9-5-12-8(3)16-9/h5H,4,6H2,1-3H3,(H2,13,14,15). The van der Waals surface area contributed by atoms with Crippen LogP contribution in [0.25, 0.3) is 0 Å². The van der Waals surface area contributed by atoms with Gasteiger partial charge in [0.05, 0.1) is 11.6 Å². The van der Waals surface area contributed by atoms with E-state index in [1.165, 1.54) is 16.1 Å². The molecule has 0 unspecified atom stereocenters. The molecule has 0 radical (unpaired) electrons. The molecule has 0 saturated carbocycles. The summed E-state index contributed by atoms with van der Waals surface area (Å²) >= 11 is 1.71. The Morgan fingerprint density at radius 2 is 2.25 bits per heavy atom. The first-order chi connectivity index (χ1) is 7.70. The van der Waals surface area contributed by atoms with Crippen molar-refractivity contribution in [1.82, 2.24) is 15.2 Å². The molecular weight excluding hydrogens is 220 g/mol. The molecule has 0 spiro atoms. The highest BCUT2D eigenvalue weighted by molar-refractivity contribution is 7.11. The first-order valence-electron chi connectivity index (χ1n) is 5.39. The molecule has 0 bridgehead atoms. The van der Waals surface area contributed by atoms with Crippen molar-refractivity contribution in [3.63, 3.8) is 0 Å². The fraction of sp³-hybridized carbons (Fsp3) is 0.455. The van der Waals surface area contributed by atoms with Crippen molar-refractivity contribution in [3.05, 3.63) is 27.3 Å². The van der Waals surface area contributed by atoms with Gasteiger partial charge in [-0.1, -0.05) is 6.92 Å². The number of H-pyrrole nitrogens is 1. The van der Waals surface area contributed by atoms with E-state index < -0.39 is 0 Å². The van der Waals surface area contributed by atoms with Crippen LogP contribution in [0.4, 0.5) is 5.82 Å². The topological polar surface area (TPSA) is 53.6 Å². The Morgan fingerprint density at radius 1 is 1.44 bits per heavy atom. The van der Waals surface area contributed by atoms with E-state index >= 15 is 0 Å². The number of aromatic amines is 1. The number of nitrogens with zero attached hydrogens (tertiary/aromatic N) is 2. The number of hydrogen-bond acceptors (Lipinski definition) is 4. The van der Waals surface area contributed by atoms with Gasteiger partial charge in [-0.25, -0.2) is 4.98 Å². The molecule has 0 aromatic carbocycles. The van der Waals surface area contributed by atoms with E-state index in [2.05, 4.69) is 34.3 Å². The minimum atomic E-state index is 0.792. The molecule has 5 heteroatoms. The third-order valence-corrected chi connectivity index (χ3v) is 3.48. The Morgan fingerprint density at radius 3 is 2.81 bits per heavy atom. The summed E-state index contributed by atoms with van der Waals surface area (Å²) in [6.45, 7) is 7.02. The van der Waals surface area contributed by atoms with Crippen LogP contribution in [0.3, 0.4) is 0 Å². The maximum Gasteiger partial charge on any atom is 0.151 e. The number of anilines is 1. The highest BCUT2D eigenvalue weighted by Gasteiger charge is 2.07. The van der Waals surface area contributed by atoms with Gasteiger partial charge in [-0.15, -0.1) is 11.3 Å². The molecule has 0 fully saturated rings. The van der Waals surface area contributed by atoms with Crippen molar-refractivity contribution in [3.8, 4) is 0 Å². The first kappa shape index (κ1) is 11.1. The normalized spacial score (nSPS) is 10.7. The van der Waals surface area contributed by atoms with E-state index in [0.29, 0.717) is 0 Å². The van der Waals surface area contributed by atoms with Crippen molar-refractivity contribution >= 4 is 17.2 Å². The number of aryl methyl sites for hydroxylation is 2. The van der Waals surface area contributed by atoms with Gasteiger partial charge in [-0.05, 0) is 20.3 Å². The van der Waals surface area contributed by atoms with E-state index in [9.17, 15) is 0 Å². The van der Waals surface area contributed by atoms with Crippen LogP contribution in [0, 0.1) is 13.8 Å². The largest absolute Gasteiger partial charge is 0.363 e. The monoisotopic (exact) mass is 236 g/mol. The Labute approximate surface area is 99.1 Å². The fourth-order valence-corrected chi connectivity index (χ4v) is 2.34. The maximum absolute atomic E-state index is 4.26. The summed E-state index contributed by atoms with van der Waals surface area (Å²) in [4.78, 5) is 5.46. The van der Waals surface area contributed by atoms with Crippen LogP contribution in [-0.2, 0) is 13.0 Å². The van der Waals surface area contributed by atoms with Crippen molar-refractivity contribution in [2.75, 3.05) is 5.32 Å². The van der Waals surface area contributed by atoms with E-state index in [1.807, 2.05) is 13.1 Å². The van der Waals surface area contributed by atoms with Gasteiger partial charge in [0.1, 0.15) is 0 Å². The molecule has 2 heterocycles. The summed E-state index contributed by atoms with van der Waals surface area (Å²) in [5.74, 6) is 0.947. The van der Waals surface area contributed by atoms with Gasteiger partial charge in [-0.3, -0.25) is 5.10 Å². The van der Waals surface area contributed by atoms with E-state index in [4.69, 9.17) is 0 Å². The molecule has 16 heavy (non-hydrogen) atoms. The molecular formula is C11H16N4S. The van der Waals surface area contributed by atoms with Crippen LogP contribution >= 0.6 is 11.3 Å². The highest BCUT2D eigenvalue weighted by atomic mass is 32.1. The number of rotatable bonds is 4. The lowest BCUT2D eigenvalue weighted by Gasteiger charge is -2.01. The SMILES string of the molecule is CCc1[nH]nc(NCc2cnc(C)s2)c1C. The molecule has 0 aliphatic heterocycles. The average molecular weight is 236 g/mol. The Balaban J connectivity index is 2.02. The number of aromatic nitrogens is 3. The average Bonchev–Trinajstić information content (AvgIpc) is 2.83. The van der Waals surface area contributed by atoms with Gasteiger partial charge >= 0.3 is 0 Å². The molecule has 2 aromatic rings. The third-order valence-electron chi connectivity index (χ3n) is 2.56. The number of hydrogen-bond donors (Lipinski definition) is 2. The van der Waals surface area contributed by atoms with Crippen LogP contribution in [-0.4, -0.2) is 15.2 Å². The van der Waals surface area contributed by atoms with Crippen LogP contribution in [0.15, 0.2) is 6.20 Å². The van der Waals surface area contributed by atoms with Crippen LogP contribution in [0.1, 0.15) is 28.1 Å². The minimum Gasteiger partial charge on any atom is -0.363 e. The second-order valence-corrected chi connectivity index (χ2v) is 5.05. The molecule has 2 rings (SSSR count). The lowest BCUT2D eigenvalue weighted by Crippen LogP contribution is -1.99. The molecule has 2 aromatic heterocycles. The van der Waals surface area contributed by atoms with Crippen LogP contribution in [0.2, 0.25) is 0 Å². The summed E-state index contributed by atoms with van der Waals surface area (Å²) < 4.78 is 0. The second-order valence-electron chi connectivity index (χ2n) is 3.73. The van der Waals surface area contributed by atoms with E-state index in [0.717, 1.165) is 23.8 Å². The van der Waals surface area contributed by atoms with E-state index in [1.54, 1.807) is 11.3 Å². The summed E-state index contributed by atoms with van der Waals surface area (Å²) in [6, 6.07) is 0. The van der Waals surface area contributed by atoms with Gasteiger partial charge in [-0.2, -0.15) is 5.10 Å². The summed E-state index contributed by atoms with van der Waals surface area (Å²) in [6.07, 6.45) is 2.90. The Hall–Kier alpha value is -1.36. The number of nitrogens with one attached hydrogen (secondary N) is 2. The molecule has 0 aliphatic rings. The molecule has 0 aliphatic carbocycles.